The Morgan fingerprint density at radius 2 is 1.78 bits per heavy atom. The van der Waals surface area contributed by atoms with E-state index in [0.29, 0.717) is 16.2 Å². The molecule has 0 aliphatic carbocycles. The minimum absolute atomic E-state index is 0.192. The number of rotatable bonds is 5. The van der Waals surface area contributed by atoms with Crippen LogP contribution in [0.15, 0.2) is 97.7 Å². The summed E-state index contributed by atoms with van der Waals surface area (Å²) < 4.78 is 10.8. The SMILES string of the molecule is Cc1[nH]c2ccccc2c1C=Nn1c(-c2ccco2)csc1=Nc1c(C)n(C)n(-c2ccccc2)c1=O. The molecule has 1 N–H and O–H groups in total. The van der Waals surface area contributed by atoms with Gasteiger partial charge in [0.1, 0.15) is 5.69 Å². The molecule has 4 aromatic heterocycles. The lowest BCUT2D eigenvalue weighted by molar-refractivity contribution is 0.575. The highest BCUT2D eigenvalue weighted by Crippen LogP contribution is 2.23. The van der Waals surface area contributed by atoms with Crippen molar-refractivity contribution in [3.05, 3.63) is 110 Å². The van der Waals surface area contributed by atoms with Crippen molar-refractivity contribution in [2.45, 2.75) is 13.8 Å². The van der Waals surface area contributed by atoms with Gasteiger partial charge in [0.25, 0.3) is 5.56 Å². The lowest BCUT2D eigenvalue weighted by atomic mass is 10.1. The predicted molar refractivity (Wildman–Crippen MR) is 147 cm³/mol. The molecule has 0 spiro atoms. The van der Waals surface area contributed by atoms with Gasteiger partial charge in [0, 0.05) is 34.6 Å². The van der Waals surface area contributed by atoms with Crippen molar-refractivity contribution in [1.82, 2.24) is 19.0 Å². The molecule has 6 rings (SSSR count). The summed E-state index contributed by atoms with van der Waals surface area (Å²) >= 11 is 1.40. The van der Waals surface area contributed by atoms with Crippen LogP contribution in [0.5, 0.6) is 0 Å². The minimum Gasteiger partial charge on any atom is -0.463 e. The third kappa shape index (κ3) is 3.89. The van der Waals surface area contributed by atoms with Crippen LogP contribution in [0.3, 0.4) is 0 Å². The molecule has 0 aliphatic rings. The predicted octanol–water partition coefficient (Wildman–Crippen LogP) is 5.51. The van der Waals surface area contributed by atoms with E-state index in [1.165, 1.54) is 11.3 Å². The monoisotopic (exact) mass is 508 g/mol. The van der Waals surface area contributed by atoms with E-state index in [1.54, 1.807) is 15.6 Å². The molecule has 0 radical (unpaired) electrons. The van der Waals surface area contributed by atoms with Gasteiger partial charge in [-0.3, -0.25) is 9.48 Å². The van der Waals surface area contributed by atoms with E-state index in [0.717, 1.165) is 39.2 Å². The van der Waals surface area contributed by atoms with Crippen LogP contribution < -0.4 is 10.4 Å². The number of benzene rings is 2. The second kappa shape index (κ2) is 9.11. The van der Waals surface area contributed by atoms with E-state index >= 15 is 0 Å². The fourth-order valence-corrected chi connectivity index (χ4v) is 5.26. The second-order valence-corrected chi connectivity index (χ2v) is 9.50. The molecule has 0 amide bonds. The number of hydrogen-bond acceptors (Lipinski definition) is 5. The summed E-state index contributed by atoms with van der Waals surface area (Å²) in [5.74, 6) is 0.664. The molecular weight excluding hydrogens is 484 g/mol. The van der Waals surface area contributed by atoms with Gasteiger partial charge < -0.3 is 9.40 Å². The Hall–Kier alpha value is -4.63. The molecule has 4 heterocycles. The van der Waals surface area contributed by atoms with Crippen molar-refractivity contribution < 1.29 is 4.42 Å². The molecule has 2 aromatic carbocycles. The van der Waals surface area contributed by atoms with Crippen LogP contribution >= 0.6 is 11.3 Å². The number of nitrogens with zero attached hydrogens (tertiary/aromatic N) is 5. The minimum atomic E-state index is -0.192. The number of nitrogens with one attached hydrogen (secondary N) is 1. The number of para-hydroxylation sites is 2. The third-order valence-corrected chi connectivity index (χ3v) is 7.25. The molecule has 0 saturated heterocycles. The van der Waals surface area contributed by atoms with Gasteiger partial charge in [0.2, 0.25) is 4.80 Å². The normalized spacial score (nSPS) is 12.4. The fourth-order valence-electron chi connectivity index (χ4n) is 4.44. The van der Waals surface area contributed by atoms with E-state index in [1.807, 2.05) is 97.8 Å². The maximum Gasteiger partial charge on any atom is 0.297 e. The number of thiazole rings is 1. The largest absolute Gasteiger partial charge is 0.463 e. The summed E-state index contributed by atoms with van der Waals surface area (Å²) in [6.45, 7) is 3.92. The van der Waals surface area contributed by atoms with Gasteiger partial charge in [-0.05, 0) is 44.2 Å². The van der Waals surface area contributed by atoms with Crippen molar-refractivity contribution in [3.8, 4) is 17.1 Å². The number of aromatic amines is 1. The van der Waals surface area contributed by atoms with Crippen molar-refractivity contribution in [2.75, 3.05) is 0 Å². The van der Waals surface area contributed by atoms with Crippen molar-refractivity contribution in [3.63, 3.8) is 0 Å². The fraction of sp³-hybridized carbons (Fsp3) is 0.107. The first-order valence-corrected chi connectivity index (χ1v) is 12.7. The van der Waals surface area contributed by atoms with E-state index < -0.39 is 0 Å². The zero-order valence-corrected chi connectivity index (χ0v) is 21.4. The first-order valence-electron chi connectivity index (χ1n) is 11.8. The molecule has 0 saturated carbocycles. The summed E-state index contributed by atoms with van der Waals surface area (Å²) in [4.78, 5) is 22.3. The number of aryl methyl sites for hydroxylation is 1. The van der Waals surface area contributed by atoms with Crippen molar-refractivity contribution in [1.29, 1.82) is 0 Å². The van der Waals surface area contributed by atoms with Crippen LogP contribution in [0.4, 0.5) is 5.69 Å². The van der Waals surface area contributed by atoms with Gasteiger partial charge >= 0.3 is 0 Å². The number of hydrogen-bond donors (Lipinski definition) is 1. The van der Waals surface area contributed by atoms with Crippen LogP contribution in [0.2, 0.25) is 0 Å². The Morgan fingerprint density at radius 1 is 1.00 bits per heavy atom. The van der Waals surface area contributed by atoms with Crippen molar-refractivity contribution in [2.24, 2.45) is 17.1 Å². The average molecular weight is 509 g/mol. The third-order valence-electron chi connectivity index (χ3n) is 6.44. The molecule has 0 unspecified atom stereocenters. The molecule has 9 heteroatoms. The highest BCUT2D eigenvalue weighted by molar-refractivity contribution is 7.07. The van der Waals surface area contributed by atoms with E-state index in [2.05, 4.69) is 11.1 Å². The highest BCUT2D eigenvalue weighted by atomic mass is 32.1. The number of fused-ring (bicyclic) bond motifs is 1. The van der Waals surface area contributed by atoms with Gasteiger partial charge in [0.05, 0.1) is 23.9 Å². The first kappa shape index (κ1) is 22.8. The van der Waals surface area contributed by atoms with Crippen LogP contribution in [-0.4, -0.2) is 25.2 Å². The molecule has 8 nitrogen and oxygen atoms in total. The topological polar surface area (TPSA) is 85.5 Å². The van der Waals surface area contributed by atoms with Crippen LogP contribution in [-0.2, 0) is 7.05 Å². The maximum absolute atomic E-state index is 13.5. The number of furan rings is 1. The van der Waals surface area contributed by atoms with Crippen LogP contribution in [0.1, 0.15) is 17.0 Å². The highest BCUT2D eigenvalue weighted by Gasteiger charge is 2.17. The Labute approximate surface area is 216 Å². The van der Waals surface area contributed by atoms with Gasteiger partial charge in [-0.1, -0.05) is 36.4 Å². The molecule has 0 bridgehead atoms. The Bertz CT molecular complexity index is 1880. The number of aromatic nitrogens is 4. The zero-order valence-electron chi connectivity index (χ0n) is 20.5. The average Bonchev–Trinajstić information content (AvgIpc) is 3.67. The summed E-state index contributed by atoms with van der Waals surface area (Å²) in [6.07, 6.45) is 3.45. The van der Waals surface area contributed by atoms with Gasteiger partial charge in [-0.25, -0.2) is 14.4 Å². The van der Waals surface area contributed by atoms with E-state index in [-0.39, 0.29) is 5.56 Å². The Kier molecular flexibility index (Phi) is 5.61. The summed E-state index contributed by atoms with van der Waals surface area (Å²) in [5.41, 5.74) is 5.52. The van der Waals surface area contributed by atoms with E-state index in [4.69, 9.17) is 14.5 Å². The van der Waals surface area contributed by atoms with E-state index in [9.17, 15) is 4.79 Å². The molecule has 0 fully saturated rings. The quantitative estimate of drug-likeness (QED) is 0.311. The summed E-state index contributed by atoms with van der Waals surface area (Å²) in [6, 6.07) is 21.4. The maximum atomic E-state index is 13.5. The zero-order chi connectivity index (χ0) is 25.5. The molecule has 0 atom stereocenters. The summed E-state index contributed by atoms with van der Waals surface area (Å²) in [5, 5.41) is 7.85. The van der Waals surface area contributed by atoms with Crippen LogP contribution in [0, 0.1) is 13.8 Å². The molecule has 6 aromatic rings. The molecule has 0 aliphatic heterocycles. The van der Waals surface area contributed by atoms with Gasteiger partial charge in [-0.15, -0.1) is 11.3 Å². The van der Waals surface area contributed by atoms with Gasteiger partial charge in [0.15, 0.2) is 11.4 Å². The second-order valence-electron chi connectivity index (χ2n) is 8.67. The standard InChI is InChI=1S/C28H24N6O2S/c1-18-22(21-12-7-8-13-23(21)30-18)16-29-33-24(25-14-9-15-36-25)17-37-28(33)31-26-19(2)32(3)34(27(26)35)20-10-5-4-6-11-20/h4-17,30H,1-3H3. The Morgan fingerprint density at radius 3 is 2.57 bits per heavy atom. The Balaban J connectivity index is 1.54. The van der Waals surface area contributed by atoms with Crippen molar-refractivity contribution >= 4 is 34.1 Å². The molecule has 184 valence electrons. The lowest BCUT2D eigenvalue weighted by Crippen LogP contribution is -2.19. The number of H-pyrrole nitrogens is 1. The summed E-state index contributed by atoms with van der Waals surface area (Å²) in [7, 11) is 1.86. The first-order chi connectivity index (χ1) is 18.0. The lowest BCUT2D eigenvalue weighted by Gasteiger charge is -2.07. The smallest absolute Gasteiger partial charge is 0.297 e. The molecular formula is C28H24N6O2S. The molecule has 37 heavy (non-hydrogen) atoms. The van der Waals surface area contributed by atoms with Crippen LogP contribution in [0.25, 0.3) is 28.0 Å². The van der Waals surface area contributed by atoms with Gasteiger partial charge in [-0.2, -0.15) is 5.10 Å².